The molecule has 1 heterocycles. The van der Waals surface area contributed by atoms with E-state index in [9.17, 15) is 13.6 Å². The van der Waals surface area contributed by atoms with Crippen molar-refractivity contribution in [3.05, 3.63) is 83.9 Å². The second kappa shape index (κ2) is 5.98. The van der Waals surface area contributed by atoms with Crippen LogP contribution in [-0.4, -0.2) is 11.3 Å². The molecule has 4 rings (SSSR count). The van der Waals surface area contributed by atoms with E-state index in [2.05, 4.69) is 4.98 Å². The lowest BCUT2D eigenvalue weighted by atomic mass is 10.0. The van der Waals surface area contributed by atoms with Crippen LogP contribution < -0.4 is 0 Å². The van der Waals surface area contributed by atoms with E-state index in [1.54, 1.807) is 0 Å². The summed E-state index contributed by atoms with van der Waals surface area (Å²) in [4.78, 5) is 14.8. The molecular formula is C21H13F2NO. The van der Waals surface area contributed by atoms with Crippen LogP contribution in [0.25, 0.3) is 33.3 Å². The standard InChI is InChI=1S/C21H13F2NO/c22-15-7-8-16(19(23)11-15)21-18(12-25)17-10-14(6-9-20(17)24-21)13-4-2-1-3-5-13/h1-12,24H. The number of nitrogens with one attached hydrogen (secondary N) is 1. The molecule has 0 spiro atoms. The monoisotopic (exact) mass is 333 g/mol. The van der Waals surface area contributed by atoms with Crippen LogP contribution in [0.4, 0.5) is 8.78 Å². The van der Waals surface area contributed by atoms with Gasteiger partial charge in [0.25, 0.3) is 0 Å². The van der Waals surface area contributed by atoms with Gasteiger partial charge < -0.3 is 4.98 Å². The molecule has 0 amide bonds. The minimum atomic E-state index is -0.710. The summed E-state index contributed by atoms with van der Waals surface area (Å²) in [5.41, 5.74) is 3.59. The number of aromatic nitrogens is 1. The summed E-state index contributed by atoms with van der Waals surface area (Å²) < 4.78 is 27.3. The van der Waals surface area contributed by atoms with Crippen molar-refractivity contribution in [2.24, 2.45) is 0 Å². The van der Waals surface area contributed by atoms with E-state index in [0.717, 1.165) is 22.7 Å². The molecule has 0 radical (unpaired) electrons. The van der Waals surface area contributed by atoms with Crippen LogP contribution >= 0.6 is 0 Å². The molecule has 0 aliphatic heterocycles. The highest BCUT2D eigenvalue weighted by molar-refractivity contribution is 6.05. The summed E-state index contributed by atoms with van der Waals surface area (Å²) >= 11 is 0. The van der Waals surface area contributed by atoms with Gasteiger partial charge in [-0.2, -0.15) is 0 Å². The van der Waals surface area contributed by atoms with Crippen molar-refractivity contribution >= 4 is 17.2 Å². The highest BCUT2D eigenvalue weighted by Crippen LogP contribution is 2.33. The Labute approximate surface area is 142 Å². The van der Waals surface area contributed by atoms with Crippen molar-refractivity contribution in [1.82, 2.24) is 4.98 Å². The Balaban J connectivity index is 1.94. The van der Waals surface area contributed by atoms with Gasteiger partial charge in [0.2, 0.25) is 0 Å². The van der Waals surface area contributed by atoms with Crippen molar-refractivity contribution in [3.63, 3.8) is 0 Å². The maximum Gasteiger partial charge on any atom is 0.152 e. The number of aldehydes is 1. The number of hydrogen-bond donors (Lipinski definition) is 1. The van der Waals surface area contributed by atoms with Gasteiger partial charge in [-0.1, -0.05) is 36.4 Å². The van der Waals surface area contributed by atoms with Crippen LogP contribution in [0.15, 0.2) is 66.7 Å². The number of hydrogen-bond acceptors (Lipinski definition) is 1. The maximum absolute atomic E-state index is 14.1. The van der Waals surface area contributed by atoms with Crippen molar-refractivity contribution in [2.45, 2.75) is 0 Å². The average Bonchev–Trinajstić information content (AvgIpc) is 2.99. The molecule has 4 aromatic rings. The summed E-state index contributed by atoms with van der Waals surface area (Å²) in [5, 5.41) is 0.704. The summed E-state index contributed by atoms with van der Waals surface area (Å²) in [6.07, 6.45) is 0.700. The van der Waals surface area contributed by atoms with Crippen LogP contribution in [0.5, 0.6) is 0 Å². The molecule has 122 valence electrons. The molecule has 0 aliphatic carbocycles. The summed E-state index contributed by atoms with van der Waals surface area (Å²) in [6.45, 7) is 0. The molecule has 0 unspecified atom stereocenters. The van der Waals surface area contributed by atoms with Crippen molar-refractivity contribution in [1.29, 1.82) is 0 Å². The molecule has 0 saturated carbocycles. The second-order valence-electron chi connectivity index (χ2n) is 5.78. The average molecular weight is 333 g/mol. The molecule has 4 heteroatoms. The zero-order valence-corrected chi connectivity index (χ0v) is 13.1. The molecule has 3 aromatic carbocycles. The van der Waals surface area contributed by atoms with Crippen LogP contribution in [-0.2, 0) is 0 Å². The second-order valence-corrected chi connectivity index (χ2v) is 5.78. The highest BCUT2D eigenvalue weighted by Gasteiger charge is 2.16. The number of halogens is 2. The molecule has 0 saturated heterocycles. The molecule has 2 nitrogen and oxygen atoms in total. The maximum atomic E-state index is 14.1. The number of carbonyl (C=O) groups excluding carboxylic acids is 1. The van der Waals surface area contributed by atoms with Crippen LogP contribution in [0.3, 0.4) is 0 Å². The van der Waals surface area contributed by atoms with Crippen molar-refractivity contribution in [3.8, 4) is 22.4 Å². The fourth-order valence-corrected chi connectivity index (χ4v) is 3.05. The van der Waals surface area contributed by atoms with Crippen molar-refractivity contribution in [2.75, 3.05) is 0 Å². The first-order valence-corrected chi connectivity index (χ1v) is 7.79. The quantitative estimate of drug-likeness (QED) is 0.487. The lowest BCUT2D eigenvalue weighted by Gasteiger charge is -2.02. The lowest BCUT2D eigenvalue weighted by Crippen LogP contribution is -1.90. The van der Waals surface area contributed by atoms with Gasteiger partial charge >= 0.3 is 0 Å². The fourth-order valence-electron chi connectivity index (χ4n) is 3.05. The Hall–Kier alpha value is -3.27. The van der Waals surface area contributed by atoms with Gasteiger partial charge in [0.05, 0.1) is 5.69 Å². The van der Waals surface area contributed by atoms with E-state index in [4.69, 9.17) is 0 Å². The number of carbonyl (C=O) groups is 1. The Morgan fingerprint density at radius 3 is 2.36 bits per heavy atom. The summed E-state index contributed by atoms with van der Waals surface area (Å²) in [5.74, 6) is -1.37. The third kappa shape index (κ3) is 2.62. The molecule has 0 fully saturated rings. The van der Waals surface area contributed by atoms with E-state index in [1.807, 2.05) is 48.5 Å². The van der Waals surface area contributed by atoms with Crippen LogP contribution in [0.2, 0.25) is 0 Å². The third-order valence-electron chi connectivity index (χ3n) is 4.26. The van der Waals surface area contributed by atoms with E-state index >= 15 is 0 Å². The van der Waals surface area contributed by atoms with E-state index in [-0.39, 0.29) is 5.56 Å². The first-order valence-electron chi connectivity index (χ1n) is 7.79. The predicted octanol–water partition coefficient (Wildman–Crippen LogP) is 5.59. The number of benzene rings is 3. The van der Waals surface area contributed by atoms with Gasteiger partial charge in [-0.15, -0.1) is 0 Å². The van der Waals surface area contributed by atoms with Gasteiger partial charge in [-0.25, -0.2) is 8.78 Å². The first kappa shape index (κ1) is 15.3. The molecule has 0 atom stereocenters. The van der Waals surface area contributed by atoms with E-state index < -0.39 is 11.6 Å². The predicted molar refractivity (Wildman–Crippen MR) is 94.5 cm³/mol. The highest BCUT2D eigenvalue weighted by atomic mass is 19.1. The van der Waals surface area contributed by atoms with Gasteiger partial charge in [0.15, 0.2) is 6.29 Å². The molecule has 1 N–H and O–H groups in total. The third-order valence-corrected chi connectivity index (χ3v) is 4.26. The van der Waals surface area contributed by atoms with Gasteiger partial charge in [0.1, 0.15) is 11.6 Å². The topological polar surface area (TPSA) is 32.9 Å². The fraction of sp³-hybridized carbons (Fsp3) is 0. The van der Waals surface area contributed by atoms with Gasteiger partial charge in [-0.05, 0) is 35.4 Å². The summed E-state index contributed by atoms with van der Waals surface area (Å²) in [7, 11) is 0. The molecule has 0 aliphatic rings. The number of fused-ring (bicyclic) bond motifs is 1. The van der Waals surface area contributed by atoms with Crippen LogP contribution in [0, 0.1) is 11.6 Å². The van der Waals surface area contributed by atoms with E-state index in [0.29, 0.717) is 22.9 Å². The van der Waals surface area contributed by atoms with Crippen LogP contribution in [0.1, 0.15) is 10.4 Å². The largest absolute Gasteiger partial charge is 0.354 e. The zero-order valence-electron chi connectivity index (χ0n) is 13.1. The number of aromatic amines is 1. The van der Waals surface area contributed by atoms with Gasteiger partial charge in [0, 0.05) is 28.1 Å². The Morgan fingerprint density at radius 2 is 1.64 bits per heavy atom. The smallest absolute Gasteiger partial charge is 0.152 e. The van der Waals surface area contributed by atoms with E-state index in [1.165, 1.54) is 12.1 Å². The number of H-pyrrole nitrogens is 1. The number of rotatable bonds is 3. The Morgan fingerprint density at radius 1 is 0.840 bits per heavy atom. The minimum absolute atomic E-state index is 0.168. The summed E-state index contributed by atoms with van der Waals surface area (Å²) in [6, 6.07) is 18.8. The molecule has 25 heavy (non-hydrogen) atoms. The van der Waals surface area contributed by atoms with Crippen molar-refractivity contribution < 1.29 is 13.6 Å². The normalized spacial score (nSPS) is 11.0. The Kier molecular flexibility index (Phi) is 3.65. The van der Waals surface area contributed by atoms with Gasteiger partial charge in [-0.3, -0.25) is 4.79 Å². The lowest BCUT2D eigenvalue weighted by molar-refractivity contribution is 0.112. The minimum Gasteiger partial charge on any atom is -0.354 e. The molecular weight excluding hydrogens is 320 g/mol. The zero-order chi connectivity index (χ0) is 17.4. The Bertz CT molecular complexity index is 1080. The first-order chi connectivity index (χ1) is 12.2. The SMILES string of the molecule is O=Cc1c(-c2ccc(F)cc2F)[nH]c2ccc(-c3ccccc3)cc12. The molecule has 1 aromatic heterocycles. The molecule has 0 bridgehead atoms.